The van der Waals surface area contributed by atoms with Crippen molar-refractivity contribution in [3.05, 3.63) is 65.5 Å². The second kappa shape index (κ2) is 7.21. The molecular formula is C21H21N4OS+. The molecule has 0 amide bonds. The molecule has 6 heteroatoms. The van der Waals surface area contributed by atoms with Gasteiger partial charge in [0.2, 0.25) is 5.89 Å². The van der Waals surface area contributed by atoms with E-state index in [-0.39, 0.29) is 0 Å². The van der Waals surface area contributed by atoms with Crippen LogP contribution in [0.15, 0.2) is 59.0 Å². The number of piperidine rings is 1. The van der Waals surface area contributed by atoms with Crippen molar-refractivity contribution in [2.24, 2.45) is 0 Å². The molecule has 136 valence electrons. The molecule has 2 aromatic carbocycles. The van der Waals surface area contributed by atoms with Crippen molar-refractivity contribution in [3.63, 3.8) is 0 Å². The highest BCUT2D eigenvalue weighted by atomic mass is 32.1. The summed E-state index contributed by atoms with van der Waals surface area (Å²) in [5.41, 5.74) is 2.10. The van der Waals surface area contributed by atoms with Gasteiger partial charge in [-0.2, -0.15) is 0 Å². The number of nitrogens with zero attached hydrogens (tertiary/aromatic N) is 3. The lowest BCUT2D eigenvalue weighted by Gasteiger charge is -2.27. The van der Waals surface area contributed by atoms with E-state index in [1.54, 1.807) is 0 Å². The van der Waals surface area contributed by atoms with Crippen molar-refractivity contribution in [3.8, 4) is 11.5 Å². The van der Waals surface area contributed by atoms with Crippen LogP contribution in [0.4, 0.5) is 0 Å². The summed E-state index contributed by atoms with van der Waals surface area (Å²) in [7, 11) is 0. The van der Waals surface area contributed by atoms with Crippen LogP contribution >= 0.6 is 11.3 Å². The minimum absolute atomic E-state index is 0.578. The molecule has 0 saturated carbocycles. The highest BCUT2D eigenvalue weighted by Crippen LogP contribution is 2.31. The molecule has 5 rings (SSSR count). The van der Waals surface area contributed by atoms with Gasteiger partial charge in [-0.1, -0.05) is 30.3 Å². The number of quaternary nitrogens is 1. The fraction of sp³-hybridized carbons (Fsp3) is 0.286. The van der Waals surface area contributed by atoms with Gasteiger partial charge in [-0.15, -0.1) is 21.5 Å². The average Bonchev–Trinajstić information content (AvgIpc) is 3.36. The third-order valence-corrected chi connectivity index (χ3v) is 6.44. The van der Waals surface area contributed by atoms with Crippen molar-refractivity contribution >= 4 is 21.6 Å². The molecule has 0 radical (unpaired) electrons. The summed E-state index contributed by atoms with van der Waals surface area (Å²) in [5.74, 6) is 1.91. The topological polar surface area (TPSA) is 56.2 Å². The van der Waals surface area contributed by atoms with Crippen molar-refractivity contribution in [1.29, 1.82) is 0 Å². The van der Waals surface area contributed by atoms with E-state index in [1.165, 1.54) is 14.6 Å². The predicted octanol–water partition coefficient (Wildman–Crippen LogP) is 3.31. The Kier molecular flexibility index (Phi) is 4.43. The van der Waals surface area contributed by atoms with E-state index in [9.17, 15) is 0 Å². The first-order valence-electron chi connectivity index (χ1n) is 9.42. The number of fused-ring (bicyclic) bond motifs is 1. The lowest BCUT2D eigenvalue weighted by atomic mass is 9.97. The predicted molar refractivity (Wildman–Crippen MR) is 106 cm³/mol. The Morgan fingerprint density at radius 1 is 0.963 bits per heavy atom. The van der Waals surface area contributed by atoms with Gasteiger partial charge < -0.3 is 9.32 Å². The summed E-state index contributed by atoms with van der Waals surface area (Å²) in [6.07, 6.45) is 2.32. The molecule has 0 unspecified atom stereocenters. The summed E-state index contributed by atoms with van der Waals surface area (Å²) in [6.45, 7) is 3.03. The third-order valence-electron chi connectivity index (χ3n) is 5.24. The van der Waals surface area contributed by atoms with Crippen LogP contribution < -0.4 is 4.90 Å². The molecule has 0 bridgehead atoms. The summed E-state index contributed by atoms with van der Waals surface area (Å²) in [5, 5.41) is 9.74. The number of aromatic nitrogens is 3. The number of rotatable bonds is 4. The third kappa shape index (κ3) is 3.50. The van der Waals surface area contributed by atoms with E-state index in [4.69, 9.17) is 9.40 Å². The molecule has 3 heterocycles. The SMILES string of the molecule is c1ccc(-c2nnc(C[NH+]3CCC(c4nc5ccccc5s4)CC3)o2)cc1. The zero-order valence-corrected chi connectivity index (χ0v) is 15.8. The number of nitrogens with one attached hydrogen (secondary N) is 1. The van der Waals surface area contributed by atoms with E-state index >= 15 is 0 Å². The number of hydrogen-bond donors (Lipinski definition) is 1. The maximum atomic E-state index is 5.87. The van der Waals surface area contributed by atoms with Gasteiger partial charge in [0, 0.05) is 24.3 Å². The average molecular weight is 377 g/mol. The Labute approximate surface area is 161 Å². The Bertz CT molecular complexity index is 1000. The fourth-order valence-electron chi connectivity index (χ4n) is 3.75. The number of likely N-dealkylation sites (tertiary alicyclic amines) is 1. The van der Waals surface area contributed by atoms with Crippen LogP contribution in [-0.2, 0) is 6.54 Å². The zero-order chi connectivity index (χ0) is 18.1. The monoisotopic (exact) mass is 377 g/mol. The smallest absolute Gasteiger partial charge is 0.271 e. The standard InChI is InChI=1S/C21H20N4OS/c1-2-6-15(7-3-1)20-24-23-19(26-20)14-25-12-10-16(11-13-25)21-22-17-8-4-5-9-18(17)27-21/h1-9,16H,10-14H2/p+1. The van der Waals surface area contributed by atoms with E-state index < -0.39 is 0 Å². The summed E-state index contributed by atoms with van der Waals surface area (Å²) in [6, 6.07) is 18.4. The number of benzene rings is 2. The first kappa shape index (κ1) is 16.6. The summed E-state index contributed by atoms with van der Waals surface area (Å²) in [4.78, 5) is 6.36. The molecular weight excluding hydrogens is 356 g/mol. The van der Waals surface area contributed by atoms with E-state index in [0.29, 0.717) is 11.8 Å². The van der Waals surface area contributed by atoms with Gasteiger partial charge >= 0.3 is 0 Å². The largest absolute Gasteiger partial charge is 0.415 e. The lowest BCUT2D eigenvalue weighted by molar-refractivity contribution is -0.920. The van der Waals surface area contributed by atoms with Gasteiger partial charge in [0.15, 0.2) is 6.54 Å². The van der Waals surface area contributed by atoms with Crippen molar-refractivity contribution in [2.75, 3.05) is 13.1 Å². The summed E-state index contributed by atoms with van der Waals surface area (Å²) >= 11 is 1.85. The molecule has 2 aromatic heterocycles. The fourth-order valence-corrected chi connectivity index (χ4v) is 4.89. The van der Waals surface area contributed by atoms with Gasteiger partial charge in [0.05, 0.1) is 28.3 Å². The minimum atomic E-state index is 0.578. The van der Waals surface area contributed by atoms with Gasteiger partial charge in [0.1, 0.15) is 0 Å². The number of para-hydroxylation sites is 1. The van der Waals surface area contributed by atoms with Crippen LogP contribution in [0.2, 0.25) is 0 Å². The van der Waals surface area contributed by atoms with Crippen LogP contribution in [-0.4, -0.2) is 28.3 Å². The van der Waals surface area contributed by atoms with Crippen LogP contribution in [0.1, 0.15) is 29.7 Å². The molecule has 1 N–H and O–H groups in total. The number of thiazole rings is 1. The first-order chi connectivity index (χ1) is 13.3. The maximum Gasteiger partial charge on any atom is 0.271 e. The molecule has 1 saturated heterocycles. The van der Waals surface area contributed by atoms with Crippen LogP contribution in [0, 0.1) is 0 Å². The molecule has 0 atom stereocenters. The highest BCUT2D eigenvalue weighted by Gasteiger charge is 2.27. The molecule has 0 spiro atoms. The zero-order valence-electron chi connectivity index (χ0n) is 15.0. The number of hydrogen-bond acceptors (Lipinski definition) is 5. The second-order valence-corrected chi connectivity index (χ2v) is 8.15. The Hall–Kier alpha value is -2.57. The molecule has 1 fully saturated rings. The Balaban J connectivity index is 1.21. The van der Waals surface area contributed by atoms with Crippen molar-refractivity contribution < 1.29 is 9.32 Å². The van der Waals surface area contributed by atoms with Gasteiger partial charge in [-0.25, -0.2) is 4.98 Å². The molecule has 1 aliphatic rings. The van der Waals surface area contributed by atoms with Crippen LogP contribution in [0.25, 0.3) is 21.7 Å². The van der Waals surface area contributed by atoms with Gasteiger partial charge in [0.25, 0.3) is 5.89 Å². The lowest BCUT2D eigenvalue weighted by Crippen LogP contribution is -3.11. The minimum Gasteiger partial charge on any atom is -0.415 e. The first-order valence-corrected chi connectivity index (χ1v) is 10.2. The maximum absolute atomic E-state index is 5.87. The van der Waals surface area contributed by atoms with Crippen LogP contribution in [0.3, 0.4) is 0 Å². The molecule has 0 aliphatic carbocycles. The van der Waals surface area contributed by atoms with Crippen molar-refractivity contribution in [1.82, 2.24) is 15.2 Å². The van der Waals surface area contributed by atoms with E-state index in [0.717, 1.165) is 49.4 Å². The Morgan fingerprint density at radius 2 is 1.74 bits per heavy atom. The summed E-state index contributed by atoms with van der Waals surface area (Å²) < 4.78 is 7.16. The second-order valence-electron chi connectivity index (χ2n) is 7.09. The Morgan fingerprint density at radius 3 is 2.56 bits per heavy atom. The normalized spacial score (nSPS) is 20.1. The molecule has 27 heavy (non-hydrogen) atoms. The van der Waals surface area contributed by atoms with Crippen LogP contribution in [0.5, 0.6) is 0 Å². The molecule has 5 nitrogen and oxygen atoms in total. The van der Waals surface area contributed by atoms with E-state index in [2.05, 4.69) is 34.5 Å². The van der Waals surface area contributed by atoms with Gasteiger partial charge in [-0.3, -0.25) is 0 Å². The molecule has 4 aromatic rings. The van der Waals surface area contributed by atoms with Crippen molar-refractivity contribution in [2.45, 2.75) is 25.3 Å². The highest BCUT2D eigenvalue weighted by molar-refractivity contribution is 7.18. The van der Waals surface area contributed by atoms with E-state index in [1.807, 2.05) is 41.7 Å². The van der Waals surface area contributed by atoms with Gasteiger partial charge in [-0.05, 0) is 24.3 Å². The quantitative estimate of drug-likeness (QED) is 0.593. The molecule has 1 aliphatic heterocycles.